The standard InChI is InChI=1S/C12H23NO3/c1-12(2,11(15)16)13-8-10(14)7-9-5-3-4-6-9/h9-10,13-14H,3-8H2,1-2H3,(H,15,16). The van der Waals surface area contributed by atoms with Crippen molar-refractivity contribution >= 4 is 5.97 Å². The van der Waals surface area contributed by atoms with Crippen molar-refractivity contribution in [2.75, 3.05) is 6.54 Å². The van der Waals surface area contributed by atoms with Gasteiger partial charge in [-0.05, 0) is 26.2 Å². The van der Waals surface area contributed by atoms with E-state index in [0.717, 1.165) is 6.42 Å². The van der Waals surface area contributed by atoms with Crippen LogP contribution in [0.15, 0.2) is 0 Å². The van der Waals surface area contributed by atoms with Crippen molar-refractivity contribution in [2.45, 2.75) is 57.6 Å². The van der Waals surface area contributed by atoms with Gasteiger partial charge in [-0.2, -0.15) is 0 Å². The summed E-state index contributed by atoms with van der Waals surface area (Å²) in [6, 6.07) is 0. The van der Waals surface area contributed by atoms with Crippen LogP contribution in [0.3, 0.4) is 0 Å². The lowest BCUT2D eigenvalue weighted by atomic mass is 9.99. The van der Waals surface area contributed by atoms with Crippen molar-refractivity contribution in [2.24, 2.45) is 5.92 Å². The van der Waals surface area contributed by atoms with E-state index in [1.165, 1.54) is 25.7 Å². The number of aliphatic hydroxyl groups is 1. The number of nitrogens with one attached hydrogen (secondary N) is 1. The molecule has 0 heterocycles. The highest BCUT2D eigenvalue weighted by Gasteiger charge is 2.27. The van der Waals surface area contributed by atoms with Crippen LogP contribution in [0.2, 0.25) is 0 Å². The van der Waals surface area contributed by atoms with Crippen LogP contribution in [0, 0.1) is 5.92 Å². The fourth-order valence-corrected chi connectivity index (χ4v) is 2.16. The van der Waals surface area contributed by atoms with E-state index in [1.807, 2.05) is 0 Å². The van der Waals surface area contributed by atoms with Crippen LogP contribution < -0.4 is 5.32 Å². The van der Waals surface area contributed by atoms with E-state index >= 15 is 0 Å². The number of aliphatic hydroxyl groups excluding tert-OH is 1. The summed E-state index contributed by atoms with van der Waals surface area (Å²) in [6.07, 6.45) is 5.32. The minimum atomic E-state index is -0.962. The smallest absolute Gasteiger partial charge is 0.323 e. The molecule has 0 spiro atoms. The monoisotopic (exact) mass is 229 g/mol. The maximum Gasteiger partial charge on any atom is 0.323 e. The largest absolute Gasteiger partial charge is 0.480 e. The maximum atomic E-state index is 10.8. The summed E-state index contributed by atoms with van der Waals surface area (Å²) in [5, 5.41) is 21.6. The van der Waals surface area contributed by atoms with E-state index in [1.54, 1.807) is 13.8 Å². The second kappa shape index (κ2) is 5.64. The van der Waals surface area contributed by atoms with Gasteiger partial charge in [0, 0.05) is 6.54 Å². The highest BCUT2D eigenvalue weighted by molar-refractivity contribution is 5.77. The lowest BCUT2D eigenvalue weighted by molar-refractivity contribution is -0.143. The fraction of sp³-hybridized carbons (Fsp3) is 0.917. The molecule has 0 radical (unpaired) electrons. The zero-order chi connectivity index (χ0) is 12.2. The van der Waals surface area contributed by atoms with Gasteiger partial charge in [0.05, 0.1) is 6.10 Å². The molecule has 1 saturated carbocycles. The van der Waals surface area contributed by atoms with Crippen molar-refractivity contribution in [3.8, 4) is 0 Å². The number of rotatable bonds is 6. The molecule has 0 bridgehead atoms. The Morgan fingerprint density at radius 2 is 2.00 bits per heavy atom. The van der Waals surface area contributed by atoms with Gasteiger partial charge in [-0.25, -0.2) is 0 Å². The SMILES string of the molecule is CC(C)(NCC(O)CC1CCCC1)C(=O)O. The molecular weight excluding hydrogens is 206 g/mol. The molecule has 1 fully saturated rings. The first-order chi connectivity index (χ1) is 7.42. The third-order valence-corrected chi connectivity index (χ3v) is 3.39. The molecule has 3 N–H and O–H groups in total. The van der Waals surface area contributed by atoms with Gasteiger partial charge in [0.25, 0.3) is 0 Å². The van der Waals surface area contributed by atoms with Gasteiger partial charge in [-0.15, -0.1) is 0 Å². The third kappa shape index (κ3) is 4.10. The van der Waals surface area contributed by atoms with E-state index in [4.69, 9.17) is 5.11 Å². The molecule has 0 aromatic rings. The number of carboxylic acid groups (broad SMARTS) is 1. The van der Waals surface area contributed by atoms with Crippen LogP contribution in [-0.2, 0) is 4.79 Å². The minimum absolute atomic E-state index is 0.357. The number of carbonyl (C=O) groups is 1. The number of aliphatic carboxylic acids is 1. The summed E-state index contributed by atoms with van der Waals surface area (Å²) in [5.74, 6) is -0.259. The molecule has 1 atom stereocenters. The Kier molecular flexibility index (Phi) is 4.74. The molecule has 0 aliphatic heterocycles. The molecular formula is C12H23NO3. The third-order valence-electron chi connectivity index (χ3n) is 3.39. The first-order valence-electron chi connectivity index (χ1n) is 6.08. The van der Waals surface area contributed by atoms with E-state index < -0.39 is 17.6 Å². The van der Waals surface area contributed by atoms with E-state index in [2.05, 4.69) is 5.32 Å². The molecule has 4 nitrogen and oxygen atoms in total. The molecule has 0 aromatic carbocycles. The lowest BCUT2D eigenvalue weighted by Crippen LogP contribution is -2.49. The molecule has 1 rings (SSSR count). The predicted octanol–water partition coefficient (Wildman–Crippen LogP) is 1.38. The van der Waals surface area contributed by atoms with E-state index in [0.29, 0.717) is 12.5 Å². The number of carboxylic acids is 1. The van der Waals surface area contributed by atoms with Gasteiger partial charge in [-0.1, -0.05) is 25.7 Å². The Labute approximate surface area is 97.0 Å². The number of hydrogen-bond donors (Lipinski definition) is 3. The zero-order valence-electron chi connectivity index (χ0n) is 10.2. The normalized spacial score (nSPS) is 19.9. The van der Waals surface area contributed by atoms with Crippen LogP contribution in [-0.4, -0.2) is 34.4 Å². The molecule has 1 aliphatic carbocycles. The van der Waals surface area contributed by atoms with Gasteiger partial charge in [-0.3, -0.25) is 10.1 Å². The zero-order valence-corrected chi connectivity index (χ0v) is 10.2. The minimum Gasteiger partial charge on any atom is -0.480 e. The van der Waals surface area contributed by atoms with Gasteiger partial charge in [0.1, 0.15) is 5.54 Å². The van der Waals surface area contributed by atoms with Crippen molar-refractivity contribution in [1.29, 1.82) is 0 Å². The number of β-amino-alcohol motifs (C(OH)–C–C–N with tert-alkyl or cyclic N) is 1. The molecule has 1 aliphatic rings. The second-order valence-electron chi connectivity index (χ2n) is 5.35. The van der Waals surface area contributed by atoms with Crippen LogP contribution >= 0.6 is 0 Å². The topological polar surface area (TPSA) is 69.6 Å². The average Bonchev–Trinajstić information content (AvgIpc) is 2.67. The van der Waals surface area contributed by atoms with Crippen molar-refractivity contribution in [3.63, 3.8) is 0 Å². The highest BCUT2D eigenvalue weighted by atomic mass is 16.4. The van der Waals surface area contributed by atoms with Crippen LogP contribution in [0.25, 0.3) is 0 Å². The summed E-state index contributed by atoms with van der Waals surface area (Å²) in [6.45, 7) is 3.57. The average molecular weight is 229 g/mol. The Morgan fingerprint density at radius 3 is 2.50 bits per heavy atom. The molecule has 0 amide bonds. The maximum absolute atomic E-state index is 10.8. The molecule has 0 saturated heterocycles. The summed E-state index contributed by atoms with van der Waals surface area (Å²) in [4.78, 5) is 10.8. The van der Waals surface area contributed by atoms with E-state index in [-0.39, 0.29) is 0 Å². The quantitative estimate of drug-likeness (QED) is 0.643. The molecule has 4 heteroatoms. The van der Waals surface area contributed by atoms with Crippen LogP contribution in [0.5, 0.6) is 0 Å². The summed E-state index contributed by atoms with van der Waals surface area (Å²) in [5.41, 5.74) is -0.962. The Balaban J connectivity index is 2.23. The van der Waals surface area contributed by atoms with Crippen molar-refractivity contribution in [3.05, 3.63) is 0 Å². The summed E-state index contributed by atoms with van der Waals surface area (Å²) < 4.78 is 0. The molecule has 16 heavy (non-hydrogen) atoms. The molecule has 0 aromatic heterocycles. The van der Waals surface area contributed by atoms with Gasteiger partial charge in [0.2, 0.25) is 0 Å². The van der Waals surface area contributed by atoms with Gasteiger partial charge in [0.15, 0.2) is 0 Å². The summed E-state index contributed by atoms with van der Waals surface area (Å²) in [7, 11) is 0. The first-order valence-corrected chi connectivity index (χ1v) is 6.08. The van der Waals surface area contributed by atoms with Gasteiger partial charge >= 0.3 is 5.97 Å². The van der Waals surface area contributed by atoms with Gasteiger partial charge < -0.3 is 10.2 Å². The molecule has 1 unspecified atom stereocenters. The fourth-order valence-electron chi connectivity index (χ4n) is 2.16. The summed E-state index contributed by atoms with van der Waals surface area (Å²) >= 11 is 0. The second-order valence-corrected chi connectivity index (χ2v) is 5.35. The van der Waals surface area contributed by atoms with Crippen LogP contribution in [0.4, 0.5) is 0 Å². The Hall–Kier alpha value is -0.610. The highest BCUT2D eigenvalue weighted by Crippen LogP contribution is 2.28. The first kappa shape index (κ1) is 13.5. The molecule has 94 valence electrons. The van der Waals surface area contributed by atoms with Crippen molar-refractivity contribution in [1.82, 2.24) is 5.32 Å². The van der Waals surface area contributed by atoms with E-state index in [9.17, 15) is 9.90 Å². The predicted molar refractivity (Wildman–Crippen MR) is 62.3 cm³/mol. The number of hydrogen-bond acceptors (Lipinski definition) is 3. The van der Waals surface area contributed by atoms with Crippen LogP contribution in [0.1, 0.15) is 46.0 Å². The lowest BCUT2D eigenvalue weighted by Gasteiger charge is -2.24. The van der Waals surface area contributed by atoms with Crippen molar-refractivity contribution < 1.29 is 15.0 Å². The Bertz CT molecular complexity index is 234. The Morgan fingerprint density at radius 1 is 1.44 bits per heavy atom.